The third-order valence-corrected chi connectivity index (χ3v) is 5.43. The quantitative estimate of drug-likeness (QED) is 0.765. The molecular weight excluding hydrogens is 358 g/mol. The number of fused-ring (bicyclic) bond motifs is 1. The molecule has 0 radical (unpaired) electrons. The van der Waals surface area contributed by atoms with E-state index in [1.54, 1.807) is 23.0 Å². The number of hydrogen-bond donors (Lipinski definition) is 1. The van der Waals surface area contributed by atoms with Crippen LogP contribution in [-0.2, 0) is 13.0 Å². The second-order valence-electron chi connectivity index (χ2n) is 5.95. The maximum Gasteiger partial charge on any atom is 0.259 e. The summed E-state index contributed by atoms with van der Waals surface area (Å²) in [5.41, 5.74) is 2.26. The lowest BCUT2D eigenvalue weighted by Crippen LogP contribution is -2.25. The van der Waals surface area contributed by atoms with Gasteiger partial charge in [0.05, 0.1) is 22.0 Å². The predicted octanol–water partition coefficient (Wildman–Crippen LogP) is 3.22. The number of nitrogens with zero attached hydrogens (tertiary/aromatic N) is 4. The SMILES string of the molecule is CN1CCc2nc(NC(=O)c3cc(-n4cccn4)ccc3Cl)sc2C1. The number of nitrogens with one attached hydrogen (secondary N) is 1. The molecule has 0 saturated heterocycles. The Kier molecular flexibility index (Phi) is 4.29. The minimum Gasteiger partial charge on any atom is -0.301 e. The van der Waals surface area contributed by atoms with E-state index in [0.29, 0.717) is 15.7 Å². The van der Waals surface area contributed by atoms with Crippen molar-refractivity contribution in [3.05, 3.63) is 57.8 Å². The van der Waals surface area contributed by atoms with Crippen molar-refractivity contribution in [2.75, 3.05) is 18.9 Å². The van der Waals surface area contributed by atoms with Crippen LogP contribution in [0.4, 0.5) is 5.13 Å². The fourth-order valence-electron chi connectivity index (χ4n) is 2.79. The van der Waals surface area contributed by atoms with Crippen LogP contribution in [0.3, 0.4) is 0 Å². The highest BCUT2D eigenvalue weighted by atomic mass is 35.5. The number of anilines is 1. The molecule has 1 aliphatic rings. The first-order valence-corrected chi connectivity index (χ1v) is 9.07. The molecule has 0 atom stereocenters. The summed E-state index contributed by atoms with van der Waals surface area (Å²) in [5, 5.41) is 8.07. The van der Waals surface area contributed by atoms with Crippen molar-refractivity contribution in [3.8, 4) is 5.69 Å². The highest BCUT2D eigenvalue weighted by Gasteiger charge is 2.20. The lowest BCUT2D eigenvalue weighted by atomic mass is 10.2. The number of benzene rings is 1. The van der Waals surface area contributed by atoms with Gasteiger partial charge < -0.3 is 4.90 Å². The van der Waals surface area contributed by atoms with Crippen LogP contribution >= 0.6 is 22.9 Å². The van der Waals surface area contributed by atoms with Crippen LogP contribution in [0.25, 0.3) is 5.69 Å². The Morgan fingerprint density at radius 1 is 1.40 bits per heavy atom. The molecule has 1 amide bonds. The van der Waals surface area contributed by atoms with Crippen LogP contribution in [0, 0.1) is 0 Å². The molecule has 6 nitrogen and oxygen atoms in total. The lowest BCUT2D eigenvalue weighted by Gasteiger charge is -2.20. The van der Waals surface area contributed by atoms with E-state index in [9.17, 15) is 4.79 Å². The van der Waals surface area contributed by atoms with E-state index in [0.717, 1.165) is 30.9 Å². The first-order chi connectivity index (χ1) is 12.1. The van der Waals surface area contributed by atoms with Crippen LogP contribution in [0.2, 0.25) is 5.02 Å². The van der Waals surface area contributed by atoms with Gasteiger partial charge in [0, 0.05) is 36.8 Å². The van der Waals surface area contributed by atoms with Gasteiger partial charge in [0.1, 0.15) is 0 Å². The second-order valence-corrected chi connectivity index (χ2v) is 7.44. The Bertz CT molecular complexity index is 921. The highest BCUT2D eigenvalue weighted by molar-refractivity contribution is 7.15. The van der Waals surface area contributed by atoms with Gasteiger partial charge in [-0.05, 0) is 31.3 Å². The Labute approximate surface area is 154 Å². The van der Waals surface area contributed by atoms with E-state index in [4.69, 9.17) is 11.6 Å². The molecule has 0 aliphatic carbocycles. The van der Waals surface area contributed by atoms with Crippen LogP contribution in [0.15, 0.2) is 36.7 Å². The highest BCUT2D eigenvalue weighted by Crippen LogP contribution is 2.29. The summed E-state index contributed by atoms with van der Waals surface area (Å²) in [4.78, 5) is 20.7. The fourth-order valence-corrected chi connectivity index (χ4v) is 4.08. The number of amides is 1. The zero-order valence-electron chi connectivity index (χ0n) is 13.6. The van der Waals surface area contributed by atoms with E-state index in [2.05, 4.69) is 27.3 Å². The van der Waals surface area contributed by atoms with Crippen molar-refractivity contribution < 1.29 is 4.79 Å². The zero-order valence-corrected chi connectivity index (χ0v) is 15.1. The average Bonchev–Trinajstić information content (AvgIpc) is 3.24. The molecule has 1 N–H and O–H groups in total. The standard InChI is InChI=1S/C17H16ClN5OS/c1-22-8-5-14-15(10-22)25-17(20-14)21-16(24)12-9-11(3-4-13(12)18)23-7-2-6-19-23/h2-4,6-7,9H,5,8,10H2,1H3,(H,20,21,24). The van der Waals surface area contributed by atoms with Crippen LogP contribution in [0.1, 0.15) is 20.9 Å². The summed E-state index contributed by atoms with van der Waals surface area (Å²) < 4.78 is 1.69. The number of rotatable bonds is 3. The molecule has 3 heterocycles. The average molecular weight is 374 g/mol. The molecule has 1 aliphatic heterocycles. The van der Waals surface area contributed by atoms with Crippen molar-refractivity contribution >= 4 is 34.0 Å². The summed E-state index contributed by atoms with van der Waals surface area (Å²) in [7, 11) is 2.08. The smallest absolute Gasteiger partial charge is 0.259 e. The van der Waals surface area contributed by atoms with Gasteiger partial charge >= 0.3 is 0 Å². The Hall–Kier alpha value is -2.22. The molecule has 4 rings (SSSR count). The molecule has 0 bridgehead atoms. The number of thiazole rings is 1. The third kappa shape index (κ3) is 3.30. The maximum absolute atomic E-state index is 12.7. The lowest BCUT2D eigenvalue weighted by molar-refractivity contribution is 0.102. The first kappa shape index (κ1) is 16.3. The summed E-state index contributed by atoms with van der Waals surface area (Å²) in [6, 6.07) is 7.08. The van der Waals surface area contributed by atoms with Crippen molar-refractivity contribution in [1.82, 2.24) is 19.7 Å². The number of aromatic nitrogens is 3. The van der Waals surface area contributed by atoms with Gasteiger partial charge in [-0.3, -0.25) is 10.1 Å². The number of likely N-dealkylation sites (N-methyl/N-ethyl adjacent to an activating group) is 1. The van der Waals surface area contributed by atoms with Gasteiger partial charge in [0.15, 0.2) is 5.13 Å². The summed E-state index contributed by atoms with van der Waals surface area (Å²) in [6.07, 6.45) is 4.41. The molecule has 2 aromatic heterocycles. The van der Waals surface area contributed by atoms with Gasteiger partial charge in [-0.25, -0.2) is 9.67 Å². The number of hydrogen-bond acceptors (Lipinski definition) is 5. The number of carbonyl (C=O) groups excluding carboxylic acids is 1. The topological polar surface area (TPSA) is 63.1 Å². The Morgan fingerprint density at radius 3 is 3.08 bits per heavy atom. The predicted molar refractivity (Wildman–Crippen MR) is 98.7 cm³/mol. The molecule has 0 unspecified atom stereocenters. The molecule has 0 saturated carbocycles. The molecule has 128 valence electrons. The van der Waals surface area contributed by atoms with E-state index in [1.165, 1.54) is 16.2 Å². The minimum absolute atomic E-state index is 0.265. The Balaban J connectivity index is 1.58. The van der Waals surface area contributed by atoms with E-state index in [-0.39, 0.29) is 5.91 Å². The third-order valence-electron chi connectivity index (χ3n) is 4.11. The van der Waals surface area contributed by atoms with Gasteiger partial charge in [-0.1, -0.05) is 11.6 Å². The van der Waals surface area contributed by atoms with E-state index >= 15 is 0 Å². The van der Waals surface area contributed by atoms with Crippen LogP contribution in [0.5, 0.6) is 0 Å². The summed E-state index contributed by atoms with van der Waals surface area (Å²) >= 11 is 7.75. The molecule has 0 spiro atoms. The second kappa shape index (κ2) is 6.59. The molecule has 0 fully saturated rings. The molecule has 25 heavy (non-hydrogen) atoms. The minimum atomic E-state index is -0.265. The van der Waals surface area contributed by atoms with Gasteiger partial charge in [-0.15, -0.1) is 11.3 Å². The monoisotopic (exact) mass is 373 g/mol. The number of halogens is 1. The van der Waals surface area contributed by atoms with Crippen molar-refractivity contribution in [3.63, 3.8) is 0 Å². The van der Waals surface area contributed by atoms with Gasteiger partial charge in [0.25, 0.3) is 5.91 Å². The normalized spacial score (nSPS) is 14.3. The molecule has 8 heteroatoms. The van der Waals surface area contributed by atoms with Crippen molar-refractivity contribution in [1.29, 1.82) is 0 Å². The van der Waals surface area contributed by atoms with Crippen LogP contribution < -0.4 is 5.32 Å². The van der Waals surface area contributed by atoms with E-state index in [1.807, 2.05) is 18.3 Å². The van der Waals surface area contributed by atoms with Crippen molar-refractivity contribution in [2.24, 2.45) is 0 Å². The van der Waals surface area contributed by atoms with E-state index < -0.39 is 0 Å². The van der Waals surface area contributed by atoms with Crippen LogP contribution in [-0.4, -0.2) is 39.2 Å². The van der Waals surface area contributed by atoms with Gasteiger partial charge in [0.2, 0.25) is 0 Å². The summed E-state index contributed by atoms with van der Waals surface area (Å²) in [6.45, 7) is 1.86. The zero-order chi connectivity index (χ0) is 17.4. The van der Waals surface area contributed by atoms with Crippen molar-refractivity contribution in [2.45, 2.75) is 13.0 Å². The van der Waals surface area contributed by atoms with Gasteiger partial charge in [-0.2, -0.15) is 5.10 Å². The molecular formula is C17H16ClN5OS. The molecule has 1 aromatic carbocycles. The summed E-state index contributed by atoms with van der Waals surface area (Å²) in [5.74, 6) is -0.265. The first-order valence-electron chi connectivity index (χ1n) is 7.88. The largest absolute Gasteiger partial charge is 0.301 e. The number of carbonyl (C=O) groups is 1. The Morgan fingerprint density at radius 2 is 2.28 bits per heavy atom. The maximum atomic E-state index is 12.7. The molecule has 3 aromatic rings. The fraction of sp³-hybridized carbons (Fsp3) is 0.235.